The SMILES string of the molecule is CCCCC1=C(C)C(=O)C(C)(C(=O)OCC)/C(=C\c2ccccc2)C1c1ccccc1. The monoisotopic (exact) mass is 416 g/mol. The van der Waals surface area contributed by atoms with Gasteiger partial charge in [0.2, 0.25) is 0 Å². The summed E-state index contributed by atoms with van der Waals surface area (Å²) in [6.07, 6.45) is 4.89. The molecule has 2 aromatic rings. The van der Waals surface area contributed by atoms with Crippen molar-refractivity contribution in [1.29, 1.82) is 0 Å². The molecule has 3 rings (SSSR count). The molecule has 0 fully saturated rings. The van der Waals surface area contributed by atoms with Gasteiger partial charge >= 0.3 is 5.97 Å². The van der Waals surface area contributed by atoms with Crippen LogP contribution in [0.4, 0.5) is 0 Å². The molecule has 0 spiro atoms. The van der Waals surface area contributed by atoms with Gasteiger partial charge in [0.1, 0.15) is 5.41 Å². The minimum atomic E-state index is -1.36. The minimum absolute atomic E-state index is 0.139. The van der Waals surface area contributed by atoms with Crippen molar-refractivity contribution in [3.63, 3.8) is 0 Å². The predicted octanol–water partition coefficient (Wildman–Crippen LogP) is 6.51. The third-order valence-electron chi connectivity index (χ3n) is 6.25. The van der Waals surface area contributed by atoms with E-state index >= 15 is 0 Å². The van der Waals surface area contributed by atoms with Crippen LogP contribution in [0.5, 0.6) is 0 Å². The second-order valence-corrected chi connectivity index (χ2v) is 8.28. The molecule has 1 aliphatic carbocycles. The highest BCUT2D eigenvalue weighted by atomic mass is 16.5. The maximum atomic E-state index is 13.7. The number of allylic oxidation sites excluding steroid dienone is 2. The van der Waals surface area contributed by atoms with Crippen molar-refractivity contribution in [3.8, 4) is 0 Å². The van der Waals surface area contributed by atoms with E-state index in [1.165, 1.54) is 0 Å². The van der Waals surface area contributed by atoms with E-state index in [1.807, 2.05) is 61.5 Å². The van der Waals surface area contributed by atoms with Crippen molar-refractivity contribution >= 4 is 17.8 Å². The number of unbranched alkanes of at least 4 members (excludes halogenated alkanes) is 1. The van der Waals surface area contributed by atoms with Crippen molar-refractivity contribution in [3.05, 3.63) is 88.5 Å². The molecule has 162 valence electrons. The number of ketones is 1. The summed E-state index contributed by atoms with van der Waals surface area (Å²) in [4.78, 5) is 27.0. The van der Waals surface area contributed by atoms with Gasteiger partial charge in [0.25, 0.3) is 0 Å². The summed E-state index contributed by atoms with van der Waals surface area (Å²) in [5, 5.41) is 0. The number of ether oxygens (including phenoxy) is 1. The summed E-state index contributed by atoms with van der Waals surface area (Å²) < 4.78 is 5.45. The Bertz CT molecular complexity index is 985. The first-order valence-corrected chi connectivity index (χ1v) is 11.2. The van der Waals surface area contributed by atoms with Crippen molar-refractivity contribution in [2.24, 2.45) is 5.41 Å². The number of hydrogen-bond acceptors (Lipinski definition) is 3. The van der Waals surface area contributed by atoms with Gasteiger partial charge in [-0.1, -0.05) is 85.7 Å². The lowest BCUT2D eigenvalue weighted by Gasteiger charge is -2.40. The van der Waals surface area contributed by atoms with Crippen LogP contribution in [0.1, 0.15) is 64.0 Å². The highest BCUT2D eigenvalue weighted by Crippen LogP contribution is 2.51. The number of hydrogen-bond donors (Lipinski definition) is 0. The molecule has 2 atom stereocenters. The van der Waals surface area contributed by atoms with E-state index in [1.54, 1.807) is 13.8 Å². The molecule has 3 heteroatoms. The van der Waals surface area contributed by atoms with Gasteiger partial charge in [-0.3, -0.25) is 9.59 Å². The van der Waals surface area contributed by atoms with Gasteiger partial charge in [-0.15, -0.1) is 0 Å². The average molecular weight is 417 g/mol. The van der Waals surface area contributed by atoms with Crippen LogP contribution in [-0.2, 0) is 14.3 Å². The summed E-state index contributed by atoms with van der Waals surface area (Å²) in [5.74, 6) is -0.761. The molecule has 0 saturated carbocycles. The minimum Gasteiger partial charge on any atom is -0.465 e. The van der Waals surface area contributed by atoms with Crippen molar-refractivity contribution in [1.82, 2.24) is 0 Å². The zero-order valence-electron chi connectivity index (χ0n) is 19.0. The molecule has 31 heavy (non-hydrogen) atoms. The van der Waals surface area contributed by atoms with Crippen molar-refractivity contribution < 1.29 is 14.3 Å². The lowest BCUT2D eigenvalue weighted by Crippen LogP contribution is -2.45. The predicted molar refractivity (Wildman–Crippen MR) is 126 cm³/mol. The van der Waals surface area contributed by atoms with Crippen LogP contribution in [0.3, 0.4) is 0 Å². The van der Waals surface area contributed by atoms with Gasteiger partial charge in [-0.05, 0) is 55.9 Å². The molecule has 0 amide bonds. The van der Waals surface area contributed by atoms with Gasteiger partial charge in [0.15, 0.2) is 5.78 Å². The Hall–Kier alpha value is -2.94. The highest BCUT2D eigenvalue weighted by Gasteiger charge is 2.53. The zero-order valence-corrected chi connectivity index (χ0v) is 19.0. The van der Waals surface area contributed by atoms with Gasteiger partial charge in [0.05, 0.1) is 6.61 Å². The number of carbonyl (C=O) groups is 2. The summed E-state index contributed by atoms with van der Waals surface area (Å²) >= 11 is 0. The van der Waals surface area contributed by atoms with E-state index in [-0.39, 0.29) is 18.3 Å². The molecule has 2 aromatic carbocycles. The number of esters is 1. The summed E-state index contributed by atoms with van der Waals surface area (Å²) in [6, 6.07) is 20.1. The molecule has 0 aromatic heterocycles. The molecule has 0 aliphatic heterocycles. The number of benzene rings is 2. The lowest BCUT2D eigenvalue weighted by atomic mass is 9.61. The second kappa shape index (κ2) is 9.91. The maximum Gasteiger partial charge on any atom is 0.323 e. The van der Waals surface area contributed by atoms with E-state index in [4.69, 9.17) is 4.74 Å². The smallest absolute Gasteiger partial charge is 0.323 e. The van der Waals surface area contributed by atoms with Crippen LogP contribution >= 0.6 is 0 Å². The third kappa shape index (κ3) is 4.41. The Kier molecular flexibility index (Phi) is 7.27. The summed E-state index contributed by atoms with van der Waals surface area (Å²) in [5.41, 5.74) is 3.32. The molecule has 1 aliphatic rings. The van der Waals surface area contributed by atoms with E-state index in [0.29, 0.717) is 5.57 Å². The highest BCUT2D eigenvalue weighted by molar-refractivity contribution is 6.17. The number of Topliss-reactive ketones (excluding diaryl/α,β-unsaturated/α-hetero) is 1. The number of rotatable bonds is 7. The van der Waals surface area contributed by atoms with Gasteiger partial charge in [0, 0.05) is 5.92 Å². The van der Waals surface area contributed by atoms with Gasteiger partial charge in [-0.2, -0.15) is 0 Å². The van der Waals surface area contributed by atoms with Gasteiger partial charge < -0.3 is 4.74 Å². The molecule has 0 N–H and O–H groups in total. The first-order valence-electron chi connectivity index (χ1n) is 11.2. The van der Waals surface area contributed by atoms with Crippen LogP contribution in [0, 0.1) is 5.41 Å². The Morgan fingerprint density at radius 3 is 2.23 bits per heavy atom. The first-order chi connectivity index (χ1) is 14.9. The van der Waals surface area contributed by atoms with Crippen LogP contribution < -0.4 is 0 Å². The molecule has 0 radical (unpaired) electrons. The fraction of sp³-hybridized carbons (Fsp3) is 0.357. The van der Waals surface area contributed by atoms with Gasteiger partial charge in [-0.25, -0.2) is 0 Å². The third-order valence-corrected chi connectivity index (χ3v) is 6.25. The quantitative estimate of drug-likeness (QED) is 0.381. The first kappa shape index (κ1) is 22.7. The van der Waals surface area contributed by atoms with Crippen molar-refractivity contribution in [2.45, 2.75) is 52.9 Å². The van der Waals surface area contributed by atoms with Crippen LogP contribution in [0.15, 0.2) is 77.4 Å². The largest absolute Gasteiger partial charge is 0.465 e. The van der Waals surface area contributed by atoms with Crippen LogP contribution in [0.2, 0.25) is 0 Å². The summed E-state index contributed by atoms with van der Waals surface area (Å²) in [6.45, 7) is 7.78. The topological polar surface area (TPSA) is 43.4 Å². The lowest BCUT2D eigenvalue weighted by molar-refractivity contribution is -0.155. The fourth-order valence-electron chi connectivity index (χ4n) is 4.51. The van der Waals surface area contributed by atoms with E-state index in [9.17, 15) is 9.59 Å². The molecular weight excluding hydrogens is 384 g/mol. The van der Waals surface area contributed by atoms with E-state index in [2.05, 4.69) is 19.1 Å². The molecule has 0 bridgehead atoms. The Labute approximate surface area is 185 Å². The van der Waals surface area contributed by atoms with Crippen LogP contribution in [-0.4, -0.2) is 18.4 Å². The standard InChI is InChI=1S/C28H32O3/c1-5-7-18-23-20(3)26(29)28(4,27(30)31-6-2)24(19-21-14-10-8-11-15-21)25(23)22-16-12-9-13-17-22/h8-17,19,25H,5-7,18H2,1-4H3/b24-19-. The normalized spacial score (nSPS) is 22.6. The van der Waals surface area contributed by atoms with Crippen LogP contribution in [0.25, 0.3) is 6.08 Å². The Morgan fingerprint density at radius 2 is 1.65 bits per heavy atom. The average Bonchev–Trinajstić information content (AvgIpc) is 2.80. The molecular formula is C28H32O3. The maximum absolute atomic E-state index is 13.7. The Balaban J connectivity index is 2.32. The fourth-order valence-corrected chi connectivity index (χ4v) is 4.51. The number of carbonyl (C=O) groups excluding carboxylic acids is 2. The zero-order chi connectivity index (χ0) is 22.4. The molecule has 0 heterocycles. The Morgan fingerprint density at radius 1 is 1.03 bits per heavy atom. The molecule has 0 saturated heterocycles. The summed E-state index contributed by atoms with van der Waals surface area (Å²) in [7, 11) is 0. The van der Waals surface area contributed by atoms with E-state index in [0.717, 1.165) is 41.5 Å². The van der Waals surface area contributed by atoms with E-state index < -0.39 is 11.4 Å². The molecule has 3 nitrogen and oxygen atoms in total. The van der Waals surface area contributed by atoms with Crippen molar-refractivity contribution in [2.75, 3.05) is 6.61 Å². The second-order valence-electron chi connectivity index (χ2n) is 8.28. The molecule has 2 unspecified atom stereocenters.